The normalized spacial score (nSPS) is 11.7. The predicted molar refractivity (Wildman–Crippen MR) is 128 cm³/mol. The first-order valence-corrected chi connectivity index (χ1v) is 12.9. The lowest BCUT2D eigenvalue weighted by Gasteiger charge is -2.18. The Hall–Kier alpha value is -0.580. The van der Waals surface area contributed by atoms with Gasteiger partial charge in [0.2, 0.25) is 0 Å². The van der Waals surface area contributed by atoms with Crippen LogP contribution in [-0.2, 0) is 18.9 Å². The molecule has 0 spiro atoms. The molecule has 0 aliphatic carbocycles. The van der Waals surface area contributed by atoms with Crippen LogP contribution < -0.4 is 0 Å². The summed E-state index contributed by atoms with van der Waals surface area (Å²) in [4.78, 5) is 0. The van der Waals surface area contributed by atoms with E-state index >= 15 is 0 Å². The van der Waals surface area contributed by atoms with Gasteiger partial charge in [-0.3, -0.25) is 0 Å². The smallest absolute Gasteiger partial charge is 0.188 e. The molecule has 0 aromatic heterocycles. The zero-order valence-corrected chi connectivity index (χ0v) is 20.5. The van der Waals surface area contributed by atoms with Gasteiger partial charge in [-0.2, -0.15) is 0 Å². The van der Waals surface area contributed by atoms with Crippen LogP contribution in [0.4, 0.5) is 0 Å². The van der Waals surface area contributed by atoms with Crippen molar-refractivity contribution in [1.29, 1.82) is 0 Å². The minimum atomic E-state index is -0.0330. The van der Waals surface area contributed by atoms with E-state index in [4.69, 9.17) is 18.9 Å². The van der Waals surface area contributed by atoms with Gasteiger partial charge in [-0.25, -0.2) is 0 Å². The monoisotopic (exact) mass is 428 g/mol. The van der Waals surface area contributed by atoms with Crippen LogP contribution in [0.5, 0.6) is 0 Å². The average molecular weight is 429 g/mol. The van der Waals surface area contributed by atoms with Crippen LogP contribution in [0.15, 0.2) is 12.3 Å². The second-order valence-electron chi connectivity index (χ2n) is 8.20. The van der Waals surface area contributed by atoms with E-state index in [1.807, 2.05) is 0 Å². The highest BCUT2D eigenvalue weighted by atomic mass is 16.7. The van der Waals surface area contributed by atoms with E-state index in [1.165, 1.54) is 57.8 Å². The Balaban J connectivity index is 3.58. The molecule has 4 nitrogen and oxygen atoms in total. The van der Waals surface area contributed by atoms with Gasteiger partial charge in [-0.15, -0.1) is 0 Å². The van der Waals surface area contributed by atoms with Gasteiger partial charge in [0.05, 0.1) is 12.9 Å². The molecule has 0 saturated carbocycles. The Kier molecular flexibility index (Phi) is 25.9. The highest BCUT2D eigenvalue weighted by molar-refractivity contribution is 4.72. The molecule has 0 amide bonds. The van der Waals surface area contributed by atoms with E-state index < -0.39 is 0 Å². The summed E-state index contributed by atoms with van der Waals surface area (Å²) in [5.74, 6) is 0. The summed E-state index contributed by atoms with van der Waals surface area (Å²) in [6.07, 6.45) is 23.0. The number of rotatable bonds is 25. The van der Waals surface area contributed by atoms with Crippen molar-refractivity contribution in [2.45, 2.75) is 130 Å². The van der Waals surface area contributed by atoms with Crippen molar-refractivity contribution < 1.29 is 18.9 Å². The van der Waals surface area contributed by atoms with Crippen molar-refractivity contribution in [2.24, 2.45) is 0 Å². The summed E-state index contributed by atoms with van der Waals surface area (Å²) in [6.45, 7) is 9.49. The van der Waals surface area contributed by atoms with Crippen molar-refractivity contribution in [3.8, 4) is 0 Å². The summed E-state index contributed by atoms with van der Waals surface area (Å²) in [6, 6.07) is 0. The molecule has 0 bridgehead atoms. The Morgan fingerprint density at radius 3 is 1.83 bits per heavy atom. The third-order valence-corrected chi connectivity index (χ3v) is 5.15. The fourth-order valence-corrected chi connectivity index (χ4v) is 3.19. The predicted octanol–water partition coefficient (Wildman–Crippen LogP) is 8.15. The molecular weight excluding hydrogens is 376 g/mol. The fourth-order valence-electron chi connectivity index (χ4n) is 3.19. The molecule has 30 heavy (non-hydrogen) atoms. The minimum absolute atomic E-state index is 0.0330. The van der Waals surface area contributed by atoms with Gasteiger partial charge >= 0.3 is 0 Å². The fraction of sp³-hybridized carbons (Fsp3) is 0.923. The van der Waals surface area contributed by atoms with Crippen molar-refractivity contribution >= 4 is 0 Å². The molecule has 0 saturated heterocycles. The van der Waals surface area contributed by atoms with Gasteiger partial charge in [-0.1, -0.05) is 78.6 Å². The first-order valence-electron chi connectivity index (χ1n) is 12.9. The van der Waals surface area contributed by atoms with Gasteiger partial charge in [0.1, 0.15) is 0 Å². The van der Waals surface area contributed by atoms with Crippen LogP contribution in [0.1, 0.15) is 124 Å². The van der Waals surface area contributed by atoms with Crippen molar-refractivity contribution in [1.82, 2.24) is 0 Å². The van der Waals surface area contributed by atoms with Gasteiger partial charge in [0, 0.05) is 13.2 Å². The Bertz CT molecular complexity index is 321. The topological polar surface area (TPSA) is 36.9 Å². The molecule has 0 N–H and O–H groups in total. The van der Waals surface area contributed by atoms with Gasteiger partial charge in [0.15, 0.2) is 13.1 Å². The van der Waals surface area contributed by atoms with E-state index in [1.54, 1.807) is 6.26 Å². The minimum Gasteiger partial charge on any atom is -0.475 e. The molecule has 0 unspecified atom stereocenters. The molecule has 180 valence electrons. The lowest BCUT2D eigenvalue weighted by Crippen LogP contribution is -2.19. The van der Waals surface area contributed by atoms with Gasteiger partial charge < -0.3 is 18.9 Å². The van der Waals surface area contributed by atoms with E-state index in [9.17, 15) is 0 Å². The molecular formula is C26H52O4. The van der Waals surface area contributed by atoms with Gasteiger partial charge in [-0.05, 0) is 51.0 Å². The lowest BCUT2D eigenvalue weighted by molar-refractivity contribution is -0.147. The number of hydrogen-bond acceptors (Lipinski definition) is 4. The Morgan fingerprint density at radius 1 is 0.600 bits per heavy atom. The van der Waals surface area contributed by atoms with Crippen molar-refractivity contribution in [2.75, 3.05) is 26.6 Å². The van der Waals surface area contributed by atoms with E-state index in [2.05, 4.69) is 26.8 Å². The second-order valence-corrected chi connectivity index (χ2v) is 8.20. The lowest BCUT2D eigenvalue weighted by atomic mass is 10.1. The largest absolute Gasteiger partial charge is 0.475 e. The molecule has 0 fully saturated rings. The van der Waals surface area contributed by atoms with Crippen molar-refractivity contribution in [3.63, 3.8) is 0 Å². The third kappa shape index (κ3) is 23.7. The first kappa shape index (κ1) is 29.4. The molecule has 0 heterocycles. The maximum atomic E-state index is 5.96. The standard InChI is InChI=1S/C26H52O4/c1-4-7-10-11-13-18-21-27-25-28-22-19-14-12-15-20-26(29-23-16-8-5-2)30-24-17-9-6-3/h19,22,26H,4-18,20-21,23-25H2,1-3H3. The molecule has 0 rings (SSSR count). The van der Waals surface area contributed by atoms with E-state index in [0.29, 0.717) is 6.79 Å². The number of unbranched alkanes of at least 4 members (excludes halogenated alkanes) is 11. The van der Waals surface area contributed by atoms with Crippen LogP contribution in [0.3, 0.4) is 0 Å². The maximum Gasteiger partial charge on any atom is 0.188 e. The van der Waals surface area contributed by atoms with E-state index in [-0.39, 0.29) is 6.29 Å². The van der Waals surface area contributed by atoms with Crippen LogP contribution in [-0.4, -0.2) is 32.9 Å². The third-order valence-electron chi connectivity index (χ3n) is 5.15. The number of allylic oxidation sites excluding steroid dienone is 1. The van der Waals surface area contributed by atoms with E-state index in [0.717, 1.165) is 64.8 Å². The maximum absolute atomic E-state index is 5.96. The van der Waals surface area contributed by atoms with Crippen LogP contribution in [0, 0.1) is 0 Å². The Labute approximate surface area is 188 Å². The number of hydrogen-bond donors (Lipinski definition) is 0. The van der Waals surface area contributed by atoms with Crippen LogP contribution in [0.2, 0.25) is 0 Å². The number of ether oxygens (including phenoxy) is 4. The summed E-state index contributed by atoms with van der Waals surface area (Å²) >= 11 is 0. The molecule has 0 atom stereocenters. The van der Waals surface area contributed by atoms with Crippen LogP contribution >= 0.6 is 0 Å². The molecule has 0 aliphatic rings. The zero-order valence-electron chi connectivity index (χ0n) is 20.5. The highest BCUT2D eigenvalue weighted by Gasteiger charge is 2.08. The molecule has 0 radical (unpaired) electrons. The summed E-state index contributed by atoms with van der Waals surface area (Å²) in [5, 5.41) is 0. The Morgan fingerprint density at radius 2 is 1.17 bits per heavy atom. The second kappa shape index (κ2) is 26.5. The van der Waals surface area contributed by atoms with Crippen molar-refractivity contribution in [3.05, 3.63) is 12.3 Å². The SMILES string of the molecule is CCCCCCCCOCOC=CCCCCC(OCCCCC)OCCCCC. The zero-order chi connectivity index (χ0) is 22.0. The average Bonchev–Trinajstić information content (AvgIpc) is 2.76. The molecule has 0 aromatic carbocycles. The quantitative estimate of drug-likeness (QED) is 0.0835. The molecule has 4 heteroatoms. The summed E-state index contributed by atoms with van der Waals surface area (Å²) < 4.78 is 22.8. The first-order chi connectivity index (χ1) is 14.8. The van der Waals surface area contributed by atoms with Crippen LogP contribution in [0.25, 0.3) is 0 Å². The summed E-state index contributed by atoms with van der Waals surface area (Å²) in [7, 11) is 0. The van der Waals surface area contributed by atoms with Gasteiger partial charge in [0.25, 0.3) is 0 Å². The molecule has 0 aliphatic heterocycles. The summed E-state index contributed by atoms with van der Waals surface area (Å²) in [5.41, 5.74) is 0. The highest BCUT2D eigenvalue weighted by Crippen LogP contribution is 2.11. The molecule has 0 aromatic rings.